The van der Waals surface area contributed by atoms with E-state index >= 15 is 0 Å². The molecule has 27 heavy (non-hydrogen) atoms. The van der Waals surface area contributed by atoms with Crippen LogP contribution in [0.1, 0.15) is 23.1 Å². The van der Waals surface area contributed by atoms with Gasteiger partial charge in [0.2, 0.25) is 0 Å². The van der Waals surface area contributed by atoms with Crippen molar-refractivity contribution in [2.45, 2.75) is 13.0 Å². The summed E-state index contributed by atoms with van der Waals surface area (Å²) in [5.41, 5.74) is 13.0. The molecule has 4 aromatic rings. The molecule has 2 N–H and O–H groups in total. The molecule has 0 aliphatic carbocycles. The third kappa shape index (κ3) is 3.34. The lowest BCUT2D eigenvalue weighted by Crippen LogP contribution is -2.13. The van der Waals surface area contributed by atoms with E-state index in [0.717, 1.165) is 38.0 Å². The van der Waals surface area contributed by atoms with Crippen LogP contribution in [-0.2, 0) is 0 Å². The van der Waals surface area contributed by atoms with Crippen molar-refractivity contribution in [3.05, 3.63) is 100 Å². The molecule has 0 aliphatic rings. The molecule has 134 valence electrons. The first-order valence-corrected chi connectivity index (χ1v) is 9.57. The van der Waals surface area contributed by atoms with Crippen molar-refractivity contribution in [3.8, 4) is 22.3 Å². The maximum Gasteiger partial charge on any atom is 0.172 e. The predicted octanol–water partition coefficient (Wildman–Crippen LogP) is 6.13. The molecular weight excluding hydrogens is 400 g/mol. The topological polar surface area (TPSA) is 52.0 Å². The van der Waals surface area contributed by atoms with Crippen LogP contribution in [0.4, 0.5) is 0 Å². The first-order chi connectivity index (χ1) is 13.2. The summed E-state index contributed by atoms with van der Waals surface area (Å²) in [7, 11) is 0. The van der Waals surface area contributed by atoms with E-state index in [1.54, 1.807) is 0 Å². The Balaban J connectivity index is 1.96. The van der Waals surface area contributed by atoms with Gasteiger partial charge in [0.15, 0.2) is 5.76 Å². The van der Waals surface area contributed by atoms with Gasteiger partial charge >= 0.3 is 0 Å². The van der Waals surface area contributed by atoms with Crippen molar-refractivity contribution < 1.29 is 4.52 Å². The predicted molar refractivity (Wildman–Crippen MR) is 112 cm³/mol. The van der Waals surface area contributed by atoms with E-state index in [-0.39, 0.29) is 0 Å². The second-order valence-corrected chi connectivity index (χ2v) is 7.22. The standard InChI is InChI=1S/C23H19BrN2O/c1-15-21(24)23(27-26-15)22(25)19-14-8-13-18(16-9-4-2-5-10-16)20(19)17-11-6-3-7-12-17/h2-14,22H,25H2,1H3. The Morgan fingerprint density at radius 3 is 2.07 bits per heavy atom. The van der Waals surface area contributed by atoms with Crippen molar-refractivity contribution in [2.24, 2.45) is 5.73 Å². The van der Waals surface area contributed by atoms with Crippen LogP contribution in [0, 0.1) is 6.92 Å². The Labute approximate surface area is 167 Å². The van der Waals surface area contributed by atoms with Crippen LogP contribution in [0.3, 0.4) is 0 Å². The molecule has 1 heterocycles. The van der Waals surface area contributed by atoms with E-state index in [2.05, 4.69) is 57.5 Å². The molecule has 4 rings (SSSR count). The van der Waals surface area contributed by atoms with Crippen LogP contribution in [0.5, 0.6) is 0 Å². The number of rotatable bonds is 4. The quantitative estimate of drug-likeness (QED) is 0.433. The fourth-order valence-electron chi connectivity index (χ4n) is 3.33. The van der Waals surface area contributed by atoms with Crippen molar-refractivity contribution in [3.63, 3.8) is 0 Å². The van der Waals surface area contributed by atoms with Crippen LogP contribution in [0.2, 0.25) is 0 Å². The zero-order valence-electron chi connectivity index (χ0n) is 14.9. The van der Waals surface area contributed by atoms with Gasteiger partial charge in [-0.1, -0.05) is 84.0 Å². The highest BCUT2D eigenvalue weighted by atomic mass is 79.9. The van der Waals surface area contributed by atoms with Crippen molar-refractivity contribution >= 4 is 15.9 Å². The number of halogens is 1. The van der Waals surface area contributed by atoms with Crippen LogP contribution in [0.25, 0.3) is 22.3 Å². The summed E-state index contributed by atoms with van der Waals surface area (Å²) in [6, 6.07) is 26.5. The molecular formula is C23H19BrN2O. The van der Waals surface area contributed by atoms with Gasteiger partial charge in [-0.25, -0.2) is 0 Å². The number of nitrogens with two attached hydrogens (primary N) is 1. The van der Waals surface area contributed by atoms with E-state index in [1.165, 1.54) is 0 Å². The molecule has 0 amide bonds. The average molecular weight is 419 g/mol. The summed E-state index contributed by atoms with van der Waals surface area (Å²) in [6.07, 6.45) is 0. The zero-order valence-corrected chi connectivity index (χ0v) is 16.5. The summed E-state index contributed by atoms with van der Waals surface area (Å²) in [5.74, 6) is 0.634. The first-order valence-electron chi connectivity index (χ1n) is 8.78. The second kappa shape index (κ2) is 7.51. The Bertz CT molecular complexity index is 1060. The van der Waals surface area contributed by atoms with Gasteiger partial charge in [-0.3, -0.25) is 0 Å². The van der Waals surface area contributed by atoms with Crippen LogP contribution in [-0.4, -0.2) is 5.16 Å². The molecule has 1 aromatic heterocycles. The summed E-state index contributed by atoms with van der Waals surface area (Å²) in [4.78, 5) is 0. The monoisotopic (exact) mass is 418 g/mol. The molecule has 0 saturated carbocycles. The molecule has 4 heteroatoms. The van der Waals surface area contributed by atoms with Gasteiger partial charge in [0, 0.05) is 0 Å². The van der Waals surface area contributed by atoms with Gasteiger partial charge in [-0.2, -0.15) is 0 Å². The Morgan fingerprint density at radius 2 is 1.48 bits per heavy atom. The summed E-state index contributed by atoms with van der Waals surface area (Å²) >= 11 is 3.56. The zero-order chi connectivity index (χ0) is 18.8. The highest BCUT2D eigenvalue weighted by Gasteiger charge is 2.24. The molecule has 0 bridgehead atoms. The fourth-order valence-corrected chi connectivity index (χ4v) is 3.72. The van der Waals surface area contributed by atoms with E-state index in [4.69, 9.17) is 10.3 Å². The lowest BCUT2D eigenvalue weighted by atomic mass is 9.87. The number of hydrogen-bond donors (Lipinski definition) is 1. The number of aromatic nitrogens is 1. The van der Waals surface area contributed by atoms with Gasteiger partial charge in [0.05, 0.1) is 16.2 Å². The Hall–Kier alpha value is -2.69. The number of aryl methyl sites for hydroxylation is 1. The minimum Gasteiger partial charge on any atom is -0.358 e. The number of benzene rings is 3. The number of nitrogens with zero attached hydrogens (tertiary/aromatic N) is 1. The maximum atomic E-state index is 6.65. The lowest BCUT2D eigenvalue weighted by Gasteiger charge is -2.19. The van der Waals surface area contributed by atoms with E-state index < -0.39 is 6.04 Å². The molecule has 0 radical (unpaired) electrons. The largest absolute Gasteiger partial charge is 0.358 e. The summed E-state index contributed by atoms with van der Waals surface area (Å²) < 4.78 is 6.34. The third-order valence-corrected chi connectivity index (χ3v) is 5.64. The minimum absolute atomic E-state index is 0.431. The van der Waals surface area contributed by atoms with Gasteiger partial charge in [0.25, 0.3) is 0 Å². The number of hydrogen-bond acceptors (Lipinski definition) is 3. The first kappa shape index (κ1) is 17.7. The van der Waals surface area contributed by atoms with Crippen LogP contribution in [0.15, 0.2) is 87.9 Å². The molecule has 0 fully saturated rings. The van der Waals surface area contributed by atoms with Gasteiger partial charge < -0.3 is 10.3 Å². The normalized spacial score (nSPS) is 12.1. The van der Waals surface area contributed by atoms with Crippen LogP contribution >= 0.6 is 15.9 Å². The molecule has 0 saturated heterocycles. The van der Waals surface area contributed by atoms with Crippen LogP contribution < -0.4 is 5.73 Å². The van der Waals surface area contributed by atoms with Gasteiger partial charge in [-0.05, 0) is 50.7 Å². The molecule has 1 unspecified atom stereocenters. The van der Waals surface area contributed by atoms with Crippen molar-refractivity contribution in [1.29, 1.82) is 0 Å². The second-order valence-electron chi connectivity index (χ2n) is 6.43. The highest BCUT2D eigenvalue weighted by Crippen LogP contribution is 2.40. The molecule has 1 atom stereocenters. The molecule has 3 nitrogen and oxygen atoms in total. The van der Waals surface area contributed by atoms with Crippen molar-refractivity contribution in [1.82, 2.24) is 5.16 Å². The van der Waals surface area contributed by atoms with Crippen molar-refractivity contribution in [2.75, 3.05) is 0 Å². The molecule has 0 spiro atoms. The fraction of sp³-hybridized carbons (Fsp3) is 0.0870. The van der Waals surface area contributed by atoms with E-state index in [1.807, 2.05) is 49.4 Å². The summed E-state index contributed by atoms with van der Waals surface area (Å²) in [6.45, 7) is 1.89. The minimum atomic E-state index is -0.431. The average Bonchev–Trinajstić information content (AvgIpc) is 3.07. The Morgan fingerprint density at radius 1 is 0.852 bits per heavy atom. The molecule has 3 aromatic carbocycles. The lowest BCUT2D eigenvalue weighted by molar-refractivity contribution is 0.369. The van der Waals surface area contributed by atoms with E-state index in [0.29, 0.717) is 5.76 Å². The SMILES string of the molecule is Cc1noc(C(N)c2cccc(-c3ccccc3)c2-c2ccccc2)c1Br. The molecule has 0 aliphatic heterocycles. The third-order valence-electron chi connectivity index (χ3n) is 4.68. The van der Waals surface area contributed by atoms with E-state index in [9.17, 15) is 0 Å². The van der Waals surface area contributed by atoms with Gasteiger partial charge in [-0.15, -0.1) is 0 Å². The maximum absolute atomic E-state index is 6.65. The van der Waals surface area contributed by atoms with Gasteiger partial charge in [0.1, 0.15) is 0 Å². The summed E-state index contributed by atoms with van der Waals surface area (Å²) in [5, 5.41) is 4.04. The highest BCUT2D eigenvalue weighted by molar-refractivity contribution is 9.10. The Kier molecular flexibility index (Phi) is 4.92. The smallest absolute Gasteiger partial charge is 0.172 e.